The predicted molar refractivity (Wildman–Crippen MR) is 66.5 cm³/mol. The molecular weight excluding hydrogens is 218 g/mol. The van der Waals surface area contributed by atoms with Gasteiger partial charge in [0.05, 0.1) is 5.69 Å². The highest BCUT2D eigenvalue weighted by Crippen LogP contribution is 2.17. The lowest BCUT2D eigenvalue weighted by molar-refractivity contribution is 0.535. The van der Waals surface area contributed by atoms with E-state index in [2.05, 4.69) is 32.1 Å². The van der Waals surface area contributed by atoms with Crippen LogP contribution in [0, 0.1) is 0 Å². The maximum atomic E-state index is 4.28. The van der Waals surface area contributed by atoms with Crippen molar-refractivity contribution in [2.75, 3.05) is 7.05 Å². The van der Waals surface area contributed by atoms with Gasteiger partial charge in [0, 0.05) is 12.2 Å². The second-order valence-electron chi connectivity index (χ2n) is 3.65. The second-order valence-corrected chi connectivity index (χ2v) is 4.43. The Morgan fingerprint density at radius 3 is 3.00 bits per heavy atom. The van der Waals surface area contributed by atoms with Crippen LogP contribution in [-0.4, -0.2) is 17.0 Å². The summed E-state index contributed by atoms with van der Waals surface area (Å²) in [5.41, 5.74) is 2.46. The van der Waals surface area contributed by atoms with Gasteiger partial charge in [0.2, 0.25) is 0 Å². The van der Waals surface area contributed by atoms with E-state index in [0.717, 1.165) is 18.5 Å². The second kappa shape index (κ2) is 5.72. The molecule has 3 nitrogen and oxygen atoms in total. The summed E-state index contributed by atoms with van der Waals surface area (Å²) in [5, 5.41) is 7.61. The molecule has 0 saturated carbocycles. The van der Waals surface area contributed by atoms with E-state index in [-0.39, 0.29) is 0 Å². The van der Waals surface area contributed by atoms with E-state index in [4.69, 9.17) is 0 Å². The Bertz CT molecular complexity index is 399. The molecule has 2 heterocycles. The Balaban J connectivity index is 1.96. The Morgan fingerprint density at radius 2 is 2.38 bits per heavy atom. The number of aromatic nitrogens is 2. The van der Waals surface area contributed by atoms with Crippen LogP contribution in [0.1, 0.15) is 23.7 Å². The van der Waals surface area contributed by atoms with Crippen molar-refractivity contribution in [3.05, 3.63) is 46.7 Å². The van der Waals surface area contributed by atoms with Crippen molar-refractivity contribution >= 4 is 11.3 Å². The van der Waals surface area contributed by atoms with Crippen LogP contribution in [0.2, 0.25) is 0 Å². The molecule has 2 rings (SSSR count). The molecule has 0 amide bonds. The number of aryl methyl sites for hydroxylation is 1. The van der Waals surface area contributed by atoms with Crippen LogP contribution >= 0.6 is 11.3 Å². The standard InChI is InChI=1S/C12H15N3S/c1-13-11(12-4-6-14-9-15-12)3-2-10-5-7-16-8-10/h4-9,11,13H,2-3H2,1H3. The van der Waals surface area contributed by atoms with Crippen LogP contribution in [0.15, 0.2) is 35.4 Å². The van der Waals surface area contributed by atoms with Crippen molar-refractivity contribution < 1.29 is 0 Å². The van der Waals surface area contributed by atoms with Crippen molar-refractivity contribution in [2.45, 2.75) is 18.9 Å². The quantitative estimate of drug-likeness (QED) is 0.862. The van der Waals surface area contributed by atoms with E-state index in [9.17, 15) is 0 Å². The smallest absolute Gasteiger partial charge is 0.115 e. The molecule has 0 spiro atoms. The number of rotatable bonds is 5. The first-order valence-electron chi connectivity index (χ1n) is 5.34. The van der Waals surface area contributed by atoms with Gasteiger partial charge in [0.1, 0.15) is 6.33 Å². The molecule has 2 aromatic heterocycles. The lowest BCUT2D eigenvalue weighted by Gasteiger charge is -2.14. The summed E-state index contributed by atoms with van der Waals surface area (Å²) in [4.78, 5) is 8.21. The van der Waals surface area contributed by atoms with Crippen molar-refractivity contribution in [2.24, 2.45) is 0 Å². The Morgan fingerprint density at radius 1 is 1.44 bits per heavy atom. The number of hydrogen-bond acceptors (Lipinski definition) is 4. The van der Waals surface area contributed by atoms with Crippen LogP contribution in [0.3, 0.4) is 0 Å². The zero-order chi connectivity index (χ0) is 11.2. The molecule has 1 N–H and O–H groups in total. The van der Waals surface area contributed by atoms with Gasteiger partial charge in [-0.2, -0.15) is 11.3 Å². The zero-order valence-electron chi connectivity index (χ0n) is 9.26. The molecule has 0 bridgehead atoms. The van der Waals surface area contributed by atoms with Crippen LogP contribution in [0.4, 0.5) is 0 Å². The summed E-state index contributed by atoms with van der Waals surface area (Å²) in [6.45, 7) is 0. The van der Waals surface area contributed by atoms with Gasteiger partial charge in [-0.1, -0.05) is 0 Å². The van der Waals surface area contributed by atoms with Crippen LogP contribution < -0.4 is 5.32 Å². The normalized spacial score (nSPS) is 12.6. The first kappa shape index (κ1) is 11.2. The summed E-state index contributed by atoms with van der Waals surface area (Å²) < 4.78 is 0. The van der Waals surface area contributed by atoms with E-state index in [1.165, 1.54) is 5.56 Å². The number of hydrogen-bond donors (Lipinski definition) is 1. The molecule has 84 valence electrons. The SMILES string of the molecule is CNC(CCc1ccsc1)c1ccncn1. The molecule has 0 aliphatic rings. The Hall–Kier alpha value is -1.26. The largest absolute Gasteiger partial charge is 0.312 e. The average molecular weight is 233 g/mol. The van der Waals surface area contributed by atoms with Crippen LogP contribution in [0.5, 0.6) is 0 Å². The number of thiophene rings is 1. The van der Waals surface area contributed by atoms with E-state index in [0.29, 0.717) is 6.04 Å². The van der Waals surface area contributed by atoms with E-state index in [1.807, 2.05) is 13.1 Å². The number of nitrogens with one attached hydrogen (secondary N) is 1. The minimum Gasteiger partial charge on any atom is -0.312 e. The molecule has 0 radical (unpaired) electrons. The lowest BCUT2D eigenvalue weighted by Crippen LogP contribution is -2.18. The molecule has 4 heteroatoms. The molecule has 1 atom stereocenters. The monoisotopic (exact) mass is 233 g/mol. The number of nitrogens with zero attached hydrogens (tertiary/aromatic N) is 2. The zero-order valence-corrected chi connectivity index (χ0v) is 10.1. The molecule has 1 unspecified atom stereocenters. The highest BCUT2D eigenvalue weighted by molar-refractivity contribution is 7.07. The molecule has 0 aliphatic heterocycles. The Kier molecular flexibility index (Phi) is 4.02. The van der Waals surface area contributed by atoms with Gasteiger partial charge >= 0.3 is 0 Å². The van der Waals surface area contributed by atoms with Gasteiger partial charge in [0.15, 0.2) is 0 Å². The topological polar surface area (TPSA) is 37.8 Å². The fourth-order valence-corrected chi connectivity index (χ4v) is 2.40. The van der Waals surface area contributed by atoms with Gasteiger partial charge in [-0.05, 0) is 48.3 Å². The minimum atomic E-state index is 0.308. The molecule has 2 aromatic rings. The van der Waals surface area contributed by atoms with Crippen molar-refractivity contribution in [1.29, 1.82) is 0 Å². The molecule has 16 heavy (non-hydrogen) atoms. The highest BCUT2D eigenvalue weighted by Gasteiger charge is 2.10. The molecule has 0 saturated heterocycles. The van der Waals surface area contributed by atoms with Crippen molar-refractivity contribution in [3.63, 3.8) is 0 Å². The highest BCUT2D eigenvalue weighted by atomic mass is 32.1. The summed E-state index contributed by atoms with van der Waals surface area (Å²) in [6, 6.07) is 4.45. The van der Waals surface area contributed by atoms with Crippen molar-refractivity contribution in [1.82, 2.24) is 15.3 Å². The maximum absolute atomic E-state index is 4.28. The molecular formula is C12H15N3S. The molecule has 0 fully saturated rings. The van der Waals surface area contributed by atoms with Gasteiger partial charge in [-0.3, -0.25) is 0 Å². The first-order valence-corrected chi connectivity index (χ1v) is 6.28. The molecule has 0 aromatic carbocycles. The fraction of sp³-hybridized carbons (Fsp3) is 0.333. The maximum Gasteiger partial charge on any atom is 0.115 e. The third kappa shape index (κ3) is 2.87. The van der Waals surface area contributed by atoms with E-state index < -0.39 is 0 Å². The van der Waals surface area contributed by atoms with E-state index >= 15 is 0 Å². The van der Waals surface area contributed by atoms with Crippen molar-refractivity contribution in [3.8, 4) is 0 Å². The summed E-state index contributed by atoms with van der Waals surface area (Å²) in [7, 11) is 1.97. The Labute approximate surface area is 99.6 Å². The molecule has 0 aliphatic carbocycles. The van der Waals surface area contributed by atoms with Crippen LogP contribution in [0.25, 0.3) is 0 Å². The summed E-state index contributed by atoms with van der Waals surface area (Å²) >= 11 is 1.75. The summed E-state index contributed by atoms with van der Waals surface area (Å²) in [6.07, 6.45) is 5.53. The minimum absolute atomic E-state index is 0.308. The third-order valence-electron chi connectivity index (χ3n) is 2.61. The van der Waals surface area contributed by atoms with Gasteiger partial charge in [-0.15, -0.1) is 0 Å². The van der Waals surface area contributed by atoms with Gasteiger partial charge in [-0.25, -0.2) is 9.97 Å². The van der Waals surface area contributed by atoms with Crippen LogP contribution in [-0.2, 0) is 6.42 Å². The lowest BCUT2D eigenvalue weighted by atomic mass is 10.1. The fourth-order valence-electron chi connectivity index (χ4n) is 1.69. The first-order chi connectivity index (χ1) is 7.90. The summed E-state index contributed by atoms with van der Waals surface area (Å²) in [5.74, 6) is 0. The predicted octanol–water partition coefficient (Wildman–Crippen LogP) is 2.43. The van der Waals surface area contributed by atoms with E-state index in [1.54, 1.807) is 23.9 Å². The average Bonchev–Trinajstić information content (AvgIpc) is 2.84. The van der Waals surface area contributed by atoms with Gasteiger partial charge in [0.25, 0.3) is 0 Å². The van der Waals surface area contributed by atoms with Gasteiger partial charge < -0.3 is 5.32 Å². The third-order valence-corrected chi connectivity index (χ3v) is 3.34.